The average molecular weight is 344 g/mol. The fraction of sp³-hybridized carbons (Fsp3) is 0.500. The van der Waals surface area contributed by atoms with Crippen molar-refractivity contribution in [3.63, 3.8) is 0 Å². The number of benzene rings is 1. The van der Waals surface area contributed by atoms with Crippen LogP contribution in [0.4, 0.5) is 0 Å². The summed E-state index contributed by atoms with van der Waals surface area (Å²) in [7, 11) is 0. The first-order chi connectivity index (χ1) is 12.1. The molecule has 1 fully saturated rings. The number of carbonyl (C=O) groups is 1. The van der Waals surface area contributed by atoms with Crippen LogP contribution in [0.25, 0.3) is 0 Å². The zero-order valence-corrected chi connectivity index (χ0v) is 14.7. The third-order valence-electron chi connectivity index (χ3n) is 4.54. The minimum atomic E-state index is -0.125. The molecule has 0 spiro atoms. The molecule has 1 aromatic carbocycles. The summed E-state index contributed by atoms with van der Waals surface area (Å²) in [5.74, 6) is 1.33. The fourth-order valence-electron chi connectivity index (χ4n) is 2.92. The predicted molar refractivity (Wildman–Crippen MR) is 92.4 cm³/mol. The fourth-order valence-corrected chi connectivity index (χ4v) is 2.92. The van der Waals surface area contributed by atoms with Crippen molar-refractivity contribution in [2.24, 2.45) is 5.41 Å². The highest BCUT2D eigenvalue weighted by Gasteiger charge is 2.27. The second kappa shape index (κ2) is 7.65. The number of nitrogens with zero attached hydrogens (tertiary/aromatic N) is 2. The normalized spacial score (nSPS) is 16.4. The number of amides is 1. The summed E-state index contributed by atoms with van der Waals surface area (Å²) in [4.78, 5) is 16.7. The summed E-state index contributed by atoms with van der Waals surface area (Å²) in [6.07, 6.45) is 2.12. The lowest BCUT2D eigenvalue weighted by atomic mass is 9.81. The molecule has 2 N–H and O–H groups in total. The Hall–Kier alpha value is -2.41. The van der Waals surface area contributed by atoms with Gasteiger partial charge in [-0.05, 0) is 43.5 Å². The summed E-state index contributed by atoms with van der Waals surface area (Å²) < 4.78 is 10.6. The smallest absolute Gasteiger partial charge is 0.255 e. The molecule has 7 nitrogen and oxygen atoms in total. The molecule has 7 heteroatoms. The summed E-state index contributed by atoms with van der Waals surface area (Å²) in [5.41, 5.74) is 0.652. The first-order valence-corrected chi connectivity index (χ1v) is 8.56. The number of rotatable bonds is 6. The van der Waals surface area contributed by atoms with Crippen molar-refractivity contribution in [1.29, 1.82) is 0 Å². The van der Waals surface area contributed by atoms with E-state index in [4.69, 9.17) is 9.26 Å². The van der Waals surface area contributed by atoms with Crippen LogP contribution < -0.4 is 15.4 Å². The van der Waals surface area contributed by atoms with E-state index in [1.807, 2.05) is 12.1 Å². The maximum atomic E-state index is 12.6. The molecule has 3 rings (SSSR count). The largest absolute Gasteiger partial charge is 0.485 e. The van der Waals surface area contributed by atoms with Crippen molar-refractivity contribution in [3.8, 4) is 5.75 Å². The minimum absolute atomic E-state index is 0.125. The summed E-state index contributed by atoms with van der Waals surface area (Å²) in [6.45, 7) is 6.75. The molecule has 1 aliphatic heterocycles. The first-order valence-electron chi connectivity index (χ1n) is 8.56. The Morgan fingerprint density at radius 1 is 1.36 bits per heavy atom. The summed E-state index contributed by atoms with van der Waals surface area (Å²) in [5, 5.41) is 10.2. The molecule has 2 aromatic rings. The second-order valence-electron chi connectivity index (χ2n) is 6.76. The zero-order valence-electron chi connectivity index (χ0n) is 14.7. The van der Waals surface area contributed by atoms with Crippen molar-refractivity contribution in [2.75, 3.05) is 19.6 Å². The van der Waals surface area contributed by atoms with E-state index in [1.54, 1.807) is 19.1 Å². The summed E-state index contributed by atoms with van der Waals surface area (Å²) >= 11 is 0. The highest BCUT2D eigenvalue weighted by Crippen LogP contribution is 2.27. The molecule has 0 aliphatic carbocycles. The third-order valence-corrected chi connectivity index (χ3v) is 4.54. The lowest BCUT2D eigenvalue weighted by Gasteiger charge is -2.34. The average Bonchev–Trinajstić information content (AvgIpc) is 3.04. The minimum Gasteiger partial charge on any atom is -0.485 e. The van der Waals surface area contributed by atoms with Crippen LogP contribution in [-0.2, 0) is 6.61 Å². The van der Waals surface area contributed by atoms with Crippen molar-refractivity contribution >= 4 is 5.91 Å². The van der Waals surface area contributed by atoms with Gasteiger partial charge in [-0.3, -0.25) is 4.79 Å². The van der Waals surface area contributed by atoms with Gasteiger partial charge >= 0.3 is 0 Å². The van der Waals surface area contributed by atoms with Crippen LogP contribution in [0.1, 0.15) is 41.8 Å². The topological polar surface area (TPSA) is 89.3 Å². The molecule has 0 atom stereocenters. The SMILES string of the molecule is Cc1nc(COc2ccccc2C(=O)NCC2(C)CCNCC2)no1. The third kappa shape index (κ3) is 4.57. The number of piperidine rings is 1. The monoisotopic (exact) mass is 344 g/mol. The van der Waals surface area contributed by atoms with Gasteiger partial charge in [-0.2, -0.15) is 4.98 Å². The molecule has 0 radical (unpaired) electrons. The molecule has 0 unspecified atom stereocenters. The Morgan fingerprint density at radius 2 is 2.12 bits per heavy atom. The van der Waals surface area contributed by atoms with Crippen molar-refractivity contribution in [3.05, 3.63) is 41.5 Å². The van der Waals surface area contributed by atoms with Gasteiger partial charge in [-0.15, -0.1) is 0 Å². The molecule has 2 heterocycles. The number of nitrogens with one attached hydrogen (secondary N) is 2. The number of hydrogen-bond acceptors (Lipinski definition) is 6. The lowest BCUT2D eigenvalue weighted by molar-refractivity contribution is 0.0917. The van der Waals surface area contributed by atoms with Crippen molar-refractivity contribution in [2.45, 2.75) is 33.3 Å². The van der Waals surface area contributed by atoms with E-state index in [2.05, 4.69) is 27.7 Å². The maximum absolute atomic E-state index is 12.6. The number of aryl methyl sites for hydroxylation is 1. The van der Waals surface area contributed by atoms with Crippen molar-refractivity contribution < 1.29 is 14.1 Å². The number of carbonyl (C=O) groups excluding carboxylic acids is 1. The maximum Gasteiger partial charge on any atom is 0.255 e. The van der Waals surface area contributed by atoms with Gasteiger partial charge in [-0.25, -0.2) is 0 Å². The molecule has 25 heavy (non-hydrogen) atoms. The van der Waals surface area contributed by atoms with E-state index >= 15 is 0 Å². The number of aromatic nitrogens is 2. The number of hydrogen-bond donors (Lipinski definition) is 2. The zero-order chi connectivity index (χ0) is 17.7. The Morgan fingerprint density at radius 3 is 2.84 bits per heavy atom. The molecular formula is C18H24N4O3. The molecule has 0 bridgehead atoms. The van der Waals surface area contributed by atoms with E-state index < -0.39 is 0 Å². The highest BCUT2D eigenvalue weighted by atomic mass is 16.5. The van der Waals surface area contributed by atoms with Crippen LogP contribution in [0.15, 0.2) is 28.8 Å². The Kier molecular flexibility index (Phi) is 5.33. The first kappa shape index (κ1) is 17.4. The van der Waals surface area contributed by atoms with Crippen LogP contribution in [0.3, 0.4) is 0 Å². The molecule has 0 saturated carbocycles. The van der Waals surface area contributed by atoms with Crippen LogP contribution >= 0.6 is 0 Å². The number of para-hydroxylation sites is 1. The van der Waals surface area contributed by atoms with Crippen LogP contribution in [-0.4, -0.2) is 35.7 Å². The van der Waals surface area contributed by atoms with Gasteiger partial charge in [0.05, 0.1) is 5.56 Å². The molecule has 134 valence electrons. The van der Waals surface area contributed by atoms with E-state index in [1.165, 1.54) is 0 Å². The van der Waals surface area contributed by atoms with E-state index in [9.17, 15) is 4.79 Å². The second-order valence-corrected chi connectivity index (χ2v) is 6.76. The Labute approximate surface area is 147 Å². The predicted octanol–water partition coefficient (Wildman–Crippen LogP) is 2.08. The lowest BCUT2D eigenvalue weighted by Crippen LogP contribution is -2.42. The molecule has 1 aromatic heterocycles. The Bertz CT molecular complexity index is 723. The standard InChI is InChI=1S/C18H24N4O3/c1-13-21-16(22-25-13)11-24-15-6-4-3-5-14(15)17(23)20-12-18(2)7-9-19-10-8-18/h3-6,19H,7-12H2,1-2H3,(H,20,23). The quantitative estimate of drug-likeness (QED) is 0.834. The van der Waals surface area contributed by atoms with Gasteiger partial charge < -0.3 is 19.9 Å². The number of ether oxygens (including phenoxy) is 1. The van der Waals surface area contributed by atoms with Gasteiger partial charge in [0.25, 0.3) is 5.91 Å². The van der Waals surface area contributed by atoms with Gasteiger partial charge in [0.2, 0.25) is 11.7 Å². The highest BCUT2D eigenvalue weighted by molar-refractivity contribution is 5.96. The van der Waals surface area contributed by atoms with Crippen molar-refractivity contribution in [1.82, 2.24) is 20.8 Å². The van der Waals surface area contributed by atoms with E-state index in [0.29, 0.717) is 29.6 Å². The van der Waals surface area contributed by atoms with Crippen LogP contribution in [0.2, 0.25) is 0 Å². The van der Waals surface area contributed by atoms with Gasteiger partial charge in [0.1, 0.15) is 5.75 Å². The van der Waals surface area contributed by atoms with Crippen LogP contribution in [0.5, 0.6) is 5.75 Å². The molecule has 1 saturated heterocycles. The van der Waals surface area contributed by atoms with Crippen LogP contribution in [0, 0.1) is 12.3 Å². The molecule has 1 amide bonds. The van der Waals surface area contributed by atoms with E-state index in [-0.39, 0.29) is 17.9 Å². The van der Waals surface area contributed by atoms with Gasteiger partial charge in [0, 0.05) is 13.5 Å². The summed E-state index contributed by atoms with van der Waals surface area (Å²) in [6, 6.07) is 7.19. The van der Waals surface area contributed by atoms with Gasteiger partial charge in [0.15, 0.2) is 6.61 Å². The van der Waals surface area contributed by atoms with E-state index in [0.717, 1.165) is 25.9 Å². The Balaban J connectivity index is 1.62. The van der Waals surface area contributed by atoms with Gasteiger partial charge in [-0.1, -0.05) is 24.2 Å². The molecule has 1 aliphatic rings. The molecular weight excluding hydrogens is 320 g/mol.